The molecule has 0 radical (unpaired) electrons. The molecule has 6 nitrogen and oxygen atoms in total. The maximum absolute atomic E-state index is 13.4. The first kappa shape index (κ1) is 25.0. The number of rotatable bonds is 11. The van der Waals surface area contributed by atoms with Gasteiger partial charge in [0, 0.05) is 25.1 Å². The van der Waals surface area contributed by atoms with Crippen LogP contribution in [0.3, 0.4) is 0 Å². The molecule has 2 aromatic carbocycles. The van der Waals surface area contributed by atoms with Crippen LogP contribution < -0.4 is 0 Å². The minimum atomic E-state index is -3.90. The maximum Gasteiger partial charge on any atom is 0.243 e. The van der Waals surface area contributed by atoms with Crippen LogP contribution in [-0.2, 0) is 32.6 Å². The molecule has 9 heteroatoms. The molecule has 0 bridgehead atoms. The molecule has 0 fully saturated rings. The van der Waals surface area contributed by atoms with Crippen molar-refractivity contribution in [1.29, 1.82) is 0 Å². The highest BCUT2D eigenvalue weighted by atomic mass is 32.2. The summed E-state index contributed by atoms with van der Waals surface area (Å²) in [5.41, 5.74) is 1.70. The zero-order chi connectivity index (χ0) is 23.8. The first-order valence-electron chi connectivity index (χ1n) is 10.4. The Morgan fingerprint density at radius 3 is 2.33 bits per heavy atom. The summed E-state index contributed by atoms with van der Waals surface area (Å²) in [6.07, 6.45) is 0. The van der Waals surface area contributed by atoms with Crippen molar-refractivity contribution in [3.8, 4) is 0 Å². The molecule has 1 amide bonds. The van der Waals surface area contributed by atoms with Crippen LogP contribution in [0.25, 0.3) is 0 Å². The van der Waals surface area contributed by atoms with E-state index in [1.54, 1.807) is 29.2 Å². The highest BCUT2D eigenvalue weighted by Gasteiger charge is 2.28. The number of carbonyl (C=O) groups excluding carboxylic acids is 1. The molecule has 0 aliphatic carbocycles. The quantitative estimate of drug-likeness (QED) is 0.407. The zero-order valence-electron chi connectivity index (χ0n) is 18.6. The van der Waals surface area contributed by atoms with Crippen molar-refractivity contribution in [2.24, 2.45) is 0 Å². The number of nitrogens with zero attached hydrogens (tertiary/aromatic N) is 2. The van der Waals surface area contributed by atoms with Gasteiger partial charge >= 0.3 is 0 Å². The van der Waals surface area contributed by atoms with Gasteiger partial charge in [0.05, 0.1) is 24.6 Å². The van der Waals surface area contributed by atoms with Gasteiger partial charge in [-0.15, -0.1) is 11.3 Å². The van der Waals surface area contributed by atoms with E-state index in [9.17, 15) is 17.6 Å². The summed E-state index contributed by atoms with van der Waals surface area (Å²) >= 11 is 1.51. The molecule has 0 aliphatic rings. The number of hydrogen-bond donors (Lipinski definition) is 0. The summed E-state index contributed by atoms with van der Waals surface area (Å²) in [5, 5.41) is 1.92. The Balaban J connectivity index is 1.85. The molecule has 3 rings (SSSR count). The van der Waals surface area contributed by atoms with Crippen molar-refractivity contribution in [3.05, 3.63) is 87.9 Å². The predicted molar refractivity (Wildman–Crippen MR) is 127 cm³/mol. The minimum Gasteiger partial charge on any atom is -0.383 e. The lowest BCUT2D eigenvalue weighted by atomic mass is 10.2. The molecule has 0 atom stereocenters. The van der Waals surface area contributed by atoms with E-state index in [-0.39, 0.29) is 42.9 Å². The van der Waals surface area contributed by atoms with Crippen molar-refractivity contribution < 1.29 is 22.3 Å². The monoisotopic (exact) mass is 490 g/mol. The number of halogens is 1. The molecule has 0 saturated carbocycles. The topological polar surface area (TPSA) is 66.9 Å². The first-order valence-corrected chi connectivity index (χ1v) is 12.7. The van der Waals surface area contributed by atoms with Crippen LogP contribution in [0.2, 0.25) is 0 Å². The number of thiophene rings is 1. The van der Waals surface area contributed by atoms with E-state index < -0.39 is 10.0 Å². The van der Waals surface area contributed by atoms with E-state index in [1.807, 2.05) is 24.4 Å². The fourth-order valence-electron chi connectivity index (χ4n) is 3.22. The molecule has 0 saturated heterocycles. The largest absolute Gasteiger partial charge is 0.383 e. The van der Waals surface area contributed by atoms with Crippen LogP contribution in [0.4, 0.5) is 4.39 Å². The van der Waals surface area contributed by atoms with Crippen molar-refractivity contribution in [1.82, 2.24) is 9.21 Å². The number of ether oxygens (including phenoxy) is 1. The Kier molecular flexibility index (Phi) is 8.74. The van der Waals surface area contributed by atoms with E-state index >= 15 is 0 Å². The van der Waals surface area contributed by atoms with Gasteiger partial charge in [-0.25, -0.2) is 12.8 Å². The molecule has 3 aromatic rings. The van der Waals surface area contributed by atoms with Gasteiger partial charge in [-0.05, 0) is 48.2 Å². The highest BCUT2D eigenvalue weighted by molar-refractivity contribution is 7.89. The molecular formula is C24H27FN2O4S2. The average molecular weight is 491 g/mol. The van der Waals surface area contributed by atoms with Crippen molar-refractivity contribution >= 4 is 27.3 Å². The number of amides is 1. The number of aryl methyl sites for hydroxylation is 1. The third-order valence-corrected chi connectivity index (χ3v) is 7.80. The Hall–Kier alpha value is -2.59. The average Bonchev–Trinajstić information content (AvgIpc) is 3.31. The smallest absolute Gasteiger partial charge is 0.243 e. The highest BCUT2D eigenvalue weighted by Crippen LogP contribution is 2.19. The van der Waals surface area contributed by atoms with Crippen LogP contribution >= 0.6 is 11.3 Å². The van der Waals surface area contributed by atoms with Crippen molar-refractivity contribution in [2.45, 2.75) is 24.9 Å². The third-order valence-electron chi connectivity index (χ3n) is 5.08. The van der Waals surface area contributed by atoms with Gasteiger partial charge in [-0.3, -0.25) is 4.79 Å². The van der Waals surface area contributed by atoms with E-state index in [2.05, 4.69) is 0 Å². The molecule has 33 heavy (non-hydrogen) atoms. The Morgan fingerprint density at radius 2 is 1.73 bits per heavy atom. The van der Waals surface area contributed by atoms with E-state index in [0.717, 1.165) is 20.3 Å². The molecule has 176 valence electrons. The number of benzene rings is 2. The maximum atomic E-state index is 13.4. The summed E-state index contributed by atoms with van der Waals surface area (Å²) < 4.78 is 46.1. The van der Waals surface area contributed by atoms with Crippen LogP contribution in [-0.4, -0.2) is 50.3 Å². The third kappa shape index (κ3) is 6.94. The van der Waals surface area contributed by atoms with Crippen molar-refractivity contribution in [2.75, 3.05) is 26.8 Å². The first-order chi connectivity index (χ1) is 15.8. The SMILES string of the molecule is COCCN(CC(=O)N(Cc1ccc(F)cc1)Cc1cccs1)S(=O)(=O)c1ccc(C)cc1. The van der Waals surface area contributed by atoms with E-state index in [1.165, 1.54) is 42.7 Å². The van der Waals surface area contributed by atoms with Gasteiger partial charge in [0.25, 0.3) is 0 Å². The summed E-state index contributed by atoms with van der Waals surface area (Å²) in [5.74, 6) is -0.704. The molecule has 0 unspecified atom stereocenters. The molecular weight excluding hydrogens is 463 g/mol. The fraction of sp³-hybridized carbons (Fsp3) is 0.292. The van der Waals surface area contributed by atoms with Gasteiger partial charge in [0.2, 0.25) is 15.9 Å². The lowest BCUT2D eigenvalue weighted by Crippen LogP contribution is -2.43. The van der Waals surface area contributed by atoms with Crippen LogP contribution in [0.1, 0.15) is 16.0 Å². The van der Waals surface area contributed by atoms with Gasteiger partial charge in [0.1, 0.15) is 5.82 Å². The second-order valence-electron chi connectivity index (χ2n) is 7.60. The van der Waals surface area contributed by atoms with E-state index in [4.69, 9.17) is 4.74 Å². The Labute approximate surface area is 198 Å². The fourth-order valence-corrected chi connectivity index (χ4v) is 5.31. The summed E-state index contributed by atoms with van der Waals surface area (Å²) in [6, 6.07) is 16.3. The van der Waals surface area contributed by atoms with Crippen LogP contribution in [0.5, 0.6) is 0 Å². The number of methoxy groups -OCH3 is 1. The van der Waals surface area contributed by atoms with Gasteiger partial charge in [-0.2, -0.15) is 4.31 Å². The molecule has 0 aliphatic heterocycles. The molecule has 1 heterocycles. The molecule has 1 aromatic heterocycles. The zero-order valence-corrected chi connectivity index (χ0v) is 20.2. The summed E-state index contributed by atoms with van der Waals surface area (Å²) in [7, 11) is -2.42. The number of carbonyl (C=O) groups is 1. The minimum absolute atomic E-state index is 0.0435. The number of hydrogen-bond acceptors (Lipinski definition) is 5. The second kappa shape index (κ2) is 11.5. The Morgan fingerprint density at radius 1 is 1.03 bits per heavy atom. The second-order valence-corrected chi connectivity index (χ2v) is 10.6. The number of sulfonamides is 1. The van der Waals surface area contributed by atoms with Gasteiger partial charge in [-0.1, -0.05) is 35.9 Å². The van der Waals surface area contributed by atoms with Gasteiger partial charge in [0.15, 0.2) is 0 Å². The van der Waals surface area contributed by atoms with Gasteiger partial charge < -0.3 is 9.64 Å². The predicted octanol–water partition coefficient (Wildman–Crippen LogP) is 4.06. The molecule has 0 N–H and O–H groups in total. The lowest BCUT2D eigenvalue weighted by Gasteiger charge is -2.27. The summed E-state index contributed by atoms with van der Waals surface area (Å²) in [6.45, 7) is 2.31. The van der Waals surface area contributed by atoms with Crippen LogP contribution in [0, 0.1) is 12.7 Å². The molecule has 0 spiro atoms. The van der Waals surface area contributed by atoms with Crippen molar-refractivity contribution in [3.63, 3.8) is 0 Å². The Bertz CT molecular complexity index is 1130. The van der Waals surface area contributed by atoms with E-state index in [0.29, 0.717) is 6.54 Å². The standard InChI is InChI=1S/C24H27FN2O4S2/c1-19-5-11-23(12-6-19)33(29,30)27(13-14-31-2)18-24(28)26(17-22-4-3-15-32-22)16-20-7-9-21(25)10-8-20/h3-12,15H,13-14,16-18H2,1-2H3. The lowest BCUT2D eigenvalue weighted by molar-refractivity contribution is -0.132. The van der Waals surface area contributed by atoms with Crippen LogP contribution in [0.15, 0.2) is 70.9 Å². The normalized spacial score (nSPS) is 11.6. The summed E-state index contributed by atoms with van der Waals surface area (Å²) in [4.78, 5) is 16.0.